The fourth-order valence-electron chi connectivity index (χ4n) is 1.65. The zero-order valence-corrected chi connectivity index (χ0v) is 12.7. The van der Waals surface area contributed by atoms with Crippen molar-refractivity contribution in [2.24, 2.45) is 5.73 Å². The van der Waals surface area contributed by atoms with E-state index >= 15 is 0 Å². The number of nitrogens with one attached hydrogen (secondary N) is 1. The number of carbonyl (C=O) groups is 1. The molecule has 1 rings (SSSR count). The minimum absolute atomic E-state index is 0.0383. The van der Waals surface area contributed by atoms with Gasteiger partial charge in [-0.1, -0.05) is 0 Å². The minimum atomic E-state index is -3.00. The first-order valence-electron chi connectivity index (χ1n) is 6.35. The Kier molecular flexibility index (Phi) is 6.81. The van der Waals surface area contributed by atoms with E-state index in [1.54, 1.807) is 24.3 Å². The smallest absolute Gasteiger partial charge is 0.248 e. The number of anilines is 1. The number of benzene rings is 1. The first-order chi connectivity index (χ1) is 9.44. The quantitative estimate of drug-likeness (QED) is 0.535. The Balaban J connectivity index is 2.26. The molecule has 0 saturated heterocycles. The van der Waals surface area contributed by atoms with Crippen molar-refractivity contribution in [3.63, 3.8) is 0 Å². The predicted molar refractivity (Wildman–Crippen MR) is 82.1 cm³/mol. The van der Waals surface area contributed by atoms with E-state index in [0.717, 1.165) is 12.1 Å². The van der Waals surface area contributed by atoms with E-state index in [2.05, 4.69) is 5.32 Å². The van der Waals surface area contributed by atoms with Crippen molar-refractivity contribution in [2.45, 2.75) is 12.8 Å². The van der Waals surface area contributed by atoms with Crippen LogP contribution >= 0.6 is 11.6 Å². The van der Waals surface area contributed by atoms with Crippen LogP contribution in [-0.4, -0.2) is 38.3 Å². The molecule has 0 spiro atoms. The summed E-state index contributed by atoms with van der Waals surface area (Å²) >= 11 is 5.42. The number of sulfone groups is 1. The lowest BCUT2D eigenvalue weighted by molar-refractivity contribution is 0.100. The summed E-state index contributed by atoms with van der Waals surface area (Å²) in [6.45, 7) is 0.673. The largest absolute Gasteiger partial charge is 0.385 e. The first kappa shape index (κ1) is 16.8. The van der Waals surface area contributed by atoms with Crippen molar-refractivity contribution in [3.8, 4) is 0 Å². The summed E-state index contributed by atoms with van der Waals surface area (Å²) < 4.78 is 22.8. The predicted octanol–water partition coefficient (Wildman–Crippen LogP) is 1.63. The van der Waals surface area contributed by atoms with E-state index in [1.807, 2.05) is 0 Å². The second-order valence-corrected chi connectivity index (χ2v) is 7.10. The maximum atomic E-state index is 11.4. The Morgan fingerprint density at radius 2 is 1.80 bits per heavy atom. The van der Waals surface area contributed by atoms with Gasteiger partial charge in [-0.05, 0) is 37.1 Å². The number of primary amides is 1. The minimum Gasteiger partial charge on any atom is -0.385 e. The molecule has 7 heteroatoms. The average molecular weight is 319 g/mol. The number of amides is 1. The fourth-order valence-corrected chi connectivity index (χ4v) is 3.44. The SMILES string of the molecule is NC(=O)c1ccc(NCCCCS(=O)(=O)CCCl)cc1. The molecule has 0 heterocycles. The number of hydrogen-bond donors (Lipinski definition) is 2. The van der Waals surface area contributed by atoms with E-state index in [9.17, 15) is 13.2 Å². The van der Waals surface area contributed by atoms with Gasteiger partial charge in [0.25, 0.3) is 0 Å². The van der Waals surface area contributed by atoms with Gasteiger partial charge in [0.05, 0.1) is 11.5 Å². The third-order valence-electron chi connectivity index (χ3n) is 2.77. The zero-order chi connectivity index (χ0) is 15.0. The lowest BCUT2D eigenvalue weighted by Crippen LogP contribution is -2.13. The van der Waals surface area contributed by atoms with Gasteiger partial charge in [-0.25, -0.2) is 8.42 Å². The standard InChI is InChI=1S/C13H19ClN2O3S/c14-7-10-20(18,19)9-2-1-8-16-12-5-3-11(4-6-12)13(15)17/h3-6,16H,1-2,7-10H2,(H2,15,17). The third-order valence-corrected chi connectivity index (χ3v) is 4.92. The highest BCUT2D eigenvalue weighted by Crippen LogP contribution is 2.09. The van der Waals surface area contributed by atoms with Crippen LogP contribution in [-0.2, 0) is 9.84 Å². The van der Waals surface area contributed by atoms with Crippen LogP contribution < -0.4 is 11.1 Å². The number of alkyl halides is 1. The summed E-state index contributed by atoms with van der Waals surface area (Å²) in [6.07, 6.45) is 1.35. The Hall–Kier alpha value is -1.27. The van der Waals surface area contributed by atoms with E-state index in [0.29, 0.717) is 18.5 Å². The molecule has 1 aromatic carbocycles. The van der Waals surface area contributed by atoms with Crippen LogP contribution in [0.4, 0.5) is 5.69 Å². The van der Waals surface area contributed by atoms with Gasteiger partial charge in [-0.15, -0.1) is 11.6 Å². The van der Waals surface area contributed by atoms with Crippen molar-refractivity contribution >= 4 is 33.0 Å². The molecule has 0 fully saturated rings. The summed E-state index contributed by atoms with van der Waals surface area (Å²) in [4.78, 5) is 10.9. The van der Waals surface area contributed by atoms with Gasteiger partial charge in [0, 0.05) is 23.7 Å². The molecule has 0 radical (unpaired) electrons. The average Bonchev–Trinajstić information content (AvgIpc) is 2.38. The van der Waals surface area contributed by atoms with E-state index < -0.39 is 15.7 Å². The van der Waals surface area contributed by atoms with Crippen LogP contribution in [0.15, 0.2) is 24.3 Å². The molecular formula is C13H19ClN2O3S. The van der Waals surface area contributed by atoms with Crippen molar-refractivity contribution in [3.05, 3.63) is 29.8 Å². The van der Waals surface area contributed by atoms with Gasteiger partial charge in [-0.2, -0.15) is 0 Å². The summed E-state index contributed by atoms with van der Waals surface area (Å²) in [5, 5.41) is 3.16. The highest BCUT2D eigenvalue weighted by atomic mass is 35.5. The van der Waals surface area contributed by atoms with E-state index in [4.69, 9.17) is 17.3 Å². The normalized spacial score (nSPS) is 11.2. The Morgan fingerprint density at radius 1 is 1.15 bits per heavy atom. The molecule has 0 aliphatic rings. The fraction of sp³-hybridized carbons (Fsp3) is 0.462. The lowest BCUT2D eigenvalue weighted by Gasteiger charge is -2.07. The molecular weight excluding hydrogens is 300 g/mol. The van der Waals surface area contributed by atoms with Gasteiger partial charge in [0.1, 0.15) is 0 Å². The molecule has 5 nitrogen and oxygen atoms in total. The molecule has 112 valence electrons. The number of rotatable bonds is 9. The van der Waals surface area contributed by atoms with Crippen LogP contribution in [0.25, 0.3) is 0 Å². The first-order valence-corrected chi connectivity index (χ1v) is 8.70. The summed E-state index contributed by atoms with van der Waals surface area (Å²) in [5.74, 6) is -0.105. The van der Waals surface area contributed by atoms with E-state index in [1.165, 1.54) is 0 Å². The van der Waals surface area contributed by atoms with Gasteiger partial charge >= 0.3 is 0 Å². The van der Waals surface area contributed by atoms with Crippen LogP contribution in [0.1, 0.15) is 23.2 Å². The van der Waals surface area contributed by atoms with Crippen LogP contribution in [0.5, 0.6) is 0 Å². The maximum Gasteiger partial charge on any atom is 0.248 e. The zero-order valence-electron chi connectivity index (χ0n) is 11.1. The Morgan fingerprint density at radius 3 is 2.35 bits per heavy atom. The van der Waals surface area contributed by atoms with Crippen molar-refractivity contribution in [1.29, 1.82) is 0 Å². The summed E-state index contributed by atoms with van der Waals surface area (Å²) in [5.41, 5.74) is 6.48. The van der Waals surface area contributed by atoms with Gasteiger partial charge in [-0.3, -0.25) is 4.79 Å². The van der Waals surface area contributed by atoms with Crippen molar-refractivity contribution in [1.82, 2.24) is 0 Å². The van der Waals surface area contributed by atoms with Crippen molar-refractivity contribution in [2.75, 3.05) is 29.2 Å². The summed E-state index contributed by atoms with van der Waals surface area (Å²) in [7, 11) is -3.00. The monoisotopic (exact) mass is 318 g/mol. The van der Waals surface area contributed by atoms with Gasteiger partial charge in [0.2, 0.25) is 5.91 Å². The van der Waals surface area contributed by atoms with Crippen molar-refractivity contribution < 1.29 is 13.2 Å². The number of nitrogens with two attached hydrogens (primary N) is 1. The molecule has 0 saturated carbocycles. The molecule has 1 aromatic rings. The molecule has 0 unspecified atom stereocenters. The van der Waals surface area contributed by atoms with Gasteiger partial charge < -0.3 is 11.1 Å². The van der Waals surface area contributed by atoms with Crippen LogP contribution in [0, 0.1) is 0 Å². The topological polar surface area (TPSA) is 89.3 Å². The highest BCUT2D eigenvalue weighted by molar-refractivity contribution is 7.91. The molecule has 0 aromatic heterocycles. The van der Waals surface area contributed by atoms with Crippen LogP contribution in [0.3, 0.4) is 0 Å². The summed E-state index contributed by atoms with van der Waals surface area (Å²) in [6, 6.07) is 6.83. The molecule has 0 bridgehead atoms. The third kappa shape index (κ3) is 6.25. The molecule has 0 aliphatic heterocycles. The van der Waals surface area contributed by atoms with Crippen LogP contribution in [0.2, 0.25) is 0 Å². The number of unbranched alkanes of at least 4 members (excludes halogenated alkanes) is 1. The van der Waals surface area contributed by atoms with E-state index in [-0.39, 0.29) is 17.4 Å². The second kappa shape index (κ2) is 8.11. The number of carbonyl (C=O) groups excluding carboxylic acids is 1. The molecule has 1 amide bonds. The van der Waals surface area contributed by atoms with Gasteiger partial charge in [0.15, 0.2) is 9.84 Å². The maximum absolute atomic E-state index is 11.4. The Labute approximate surface area is 124 Å². The second-order valence-electron chi connectivity index (χ2n) is 4.42. The number of hydrogen-bond acceptors (Lipinski definition) is 4. The Bertz CT molecular complexity index is 529. The lowest BCUT2D eigenvalue weighted by atomic mass is 10.2. The molecule has 3 N–H and O–H groups in total. The molecule has 20 heavy (non-hydrogen) atoms. The number of halogens is 1. The molecule has 0 aliphatic carbocycles. The molecule has 0 atom stereocenters. The highest BCUT2D eigenvalue weighted by Gasteiger charge is 2.08.